The lowest BCUT2D eigenvalue weighted by molar-refractivity contribution is -0.384. The van der Waals surface area contributed by atoms with Crippen LogP contribution in [0.3, 0.4) is 0 Å². The zero-order valence-corrected chi connectivity index (χ0v) is 18.0. The summed E-state index contributed by atoms with van der Waals surface area (Å²) < 4.78 is 0. The first-order valence-corrected chi connectivity index (χ1v) is 10.6. The van der Waals surface area contributed by atoms with Crippen molar-refractivity contribution < 1.29 is 14.5 Å². The molecule has 166 valence electrons. The van der Waals surface area contributed by atoms with Crippen molar-refractivity contribution >= 4 is 28.8 Å². The number of non-ortho nitro benzene ring substituents is 1. The van der Waals surface area contributed by atoms with Crippen LogP contribution in [-0.2, 0) is 16.0 Å². The van der Waals surface area contributed by atoms with Crippen LogP contribution in [0.25, 0.3) is 5.57 Å². The maximum absolute atomic E-state index is 13.6. The fourth-order valence-corrected chi connectivity index (χ4v) is 3.87. The van der Waals surface area contributed by atoms with Crippen molar-refractivity contribution in [2.75, 3.05) is 18.0 Å². The molecule has 1 aromatic heterocycles. The number of aromatic nitrogens is 1. The maximum Gasteiger partial charge on any atom is 0.282 e. The number of amides is 2. The van der Waals surface area contributed by atoms with E-state index in [1.54, 1.807) is 36.7 Å². The Balaban J connectivity index is 1.76. The van der Waals surface area contributed by atoms with Gasteiger partial charge in [-0.15, -0.1) is 0 Å². The molecule has 0 bridgehead atoms. The molecule has 0 aliphatic carbocycles. The van der Waals surface area contributed by atoms with E-state index < -0.39 is 16.7 Å². The Bertz CT molecular complexity index is 1210. The zero-order chi connectivity index (χ0) is 23.4. The Labute approximate surface area is 190 Å². The molecule has 0 saturated carbocycles. The summed E-state index contributed by atoms with van der Waals surface area (Å²) in [7, 11) is 0. The van der Waals surface area contributed by atoms with Crippen LogP contribution in [0.2, 0.25) is 0 Å². The molecule has 2 amide bonds. The van der Waals surface area contributed by atoms with E-state index in [1.165, 1.54) is 29.2 Å². The van der Waals surface area contributed by atoms with Crippen molar-refractivity contribution in [2.45, 2.75) is 13.3 Å². The average molecular weight is 442 g/mol. The zero-order valence-electron chi connectivity index (χ0n) is 18.0. The van der Waals surface area contributed by atoms with E-state index >= 15 is 0 Å². The van der Waals surface area contributed by atoms with Crippen molar-refractivity contribution in [2.24, 2.45) is 0 Å². The van der Waals surface area contributed by atoms with Crippen LogP contribution < -0.4 is 4.90 Å². The number of hydrogen-bond acceptors (Lipinski definition) is 6. The molecule has 2 aromatic carbocycles. The van der Waals surface area contributed by atoms with Gasteiger partial charge in [-0.25, -0.2) is 4.90 Å². The van der Waals surface area contributed by atoms with Crippen LogP contribution in [0.15, 0.2) is 84.8 Å². The summed E-state index contributed by atoms with van der Waals surface area (Å²) >= 11 is 0. The van der Waals surface area contributed by atoms with Crippen LogP contribution in [0, 0.1) is 10.1 Å². The highest BCUT2D eigenvalue weighted by Crippen LogP contribution is 2.35. The number of nitro groups is 1. The first-order valence-electron chi connectivity index (χ1n) is 10.6. The first kappa shape index (κ1) is 21.9. The minimum absolute atomic E-state index is 0.0809. The van der Waals surface area contributed by atoms with Crippen molar-refractivity contribution in [1.82, 2.24) is 9.88 Å². The second-order valence-corrected chi connectivity index (χ2v) is 7.49. The van der Waals surface area contributed by atoms with Crippen molar-refractivity contribution in [3.05, 3.63) is 106 Å². The molecular weight excluding hydrogens is 420 g/mol. The monoisotopic (exact) mass is 442 g/mol. The van der Waals surface area contributed by atoms with Gasteiger partial charge in [0.15, 0.2) is 0 Å². The van der Waals surface area contributed by atoms with Crippen molar-refractivity contribution in [3.8, 4) is 0 Å². The molecule has 0 unspecified atom stereocenters. The first-order chi connectivity index (χ1) is 16.0. The van der Waals surface area contributed by atoms with Gasteiger partial charge in [0.25, 0.3) is 17.5 Å². The normalized spacial score (nSPS) is 13.5. The maximum atomic E-state index is 13.6. The Kier molecular flexibility index (Phi) is 6.26. The summed E-state index contributed by atoms with van der Waals surface area (Å²) in [5.41, 5.74) is 2.48. The Morgan fingerprint density at radius 3 is 2.21 bits per heavy atom. The Morgan fingerprint density at radius 1 is 0.939 bits per heavy atom. The lowest BCUT2D eigenvalue weighted by Crippen LogP contribution is -2.36. The van der Waals surface area contributed by atoms with E-state index in [0.29, 0.717) is 36.5 Å². The number of anilines is 1. The van der Waals surface area contributed by atoms with Gasteiger partial charge in [-0.3, -0.25) is 24.7 Å². The lowest BCUT2D eigenvalue weighted by atomic mass is 10.0. The summed E-state index contributed by atoms with van der Waals surface area (Å²) in [6.07, 6.45) is 4.10. The molecule has 2 heterocycles. The molecule has 0 atom stereocenters. The third kappa shape index (κ3) is 4.36. The molecule has 3 aromatic rings. The third-order valence-corrected chi connectivity index (χ3v) is 5.56. The third-order valence-electron chi connectivity index (χ3n) is 5.56. The average Bonchev–Trinajstić information content (AvgIpc) is 3.10. The van der Waals surface area contributed by atoms with Gasteiger partial charge in [-0.05, 0) is 60.9 Å². The summed E-state index contributed by atoms with van der Waals surface area (Å²) in [4.78, 5) is 44.8. The minimum atomic E-state index is -0.496. The standard InChI is InChI=1S/C25H22N4O4/c1-2-27(17-14-18-12-15-26-16-13-18)23-22(19-8-10-21(11-9-19)29(32)33)24(30)28(25(23)31)20-6-4-3-5-7-20/h3-13,15-16H,2,14,17H2,1H3. The highest BCUT2D eigenvalue weighted by Gasteiger charge is 2.42. The Hall–Kier alpha value is -4.33. The highest BCUT2D eigenvalue weighted by atomic mass is 16.6. The number of nitrogens with zero attached hydrogens (tertiary/aromatic N) is 4. The number of carbonyl (C=O) groups is 2. The van der Waals surface area contributed by atoms with E-state index in [2.05, 4.69) is 4.98 Å². The quantitative estimate of drug-likeness (QED) is 0.299. The summed E-state index contributed by atoms with van der Waals surface area (Å²) in [6.45, 7) is 2.96. The van der Waals surface area contributed by atoms with Gasteiger partial charge in [0.2, 0.25) is 0 Å². The number of rotatable bonds is 8. The minimum Gasteiger partial charge on any atom is -0.366 e. The van der Waals surface area contributed by atoms with Crippen LogP contribution in [-0.4, -0.2) is 39.7 Å². The fraction of sp³-hybridized carbons (Fsp3) is 0.160. The van der Waals surface area contributed by atoms with Crippen LogP contribution in [0.5, 0.6) is 0 Å². The molecule has 0 spiro atoms. The summed E-state index contributed by atoms with van der Waals surface area (Å²) in [5.74, 6) is -0.853. The van der Waals surface area contributed by atoms with E-state index in [-0.39, 0.29) is 11.3 Å². The number of pyridine rings is 1. The summed E-state index contributed by atoms with van der Waals surface area (Å²) in [5, 5.41) is 11.1. The van der Waals surface area contributed by atoms with Gasteiger partial charge in [0.05, 0.1) is 16.2 Å². The Morgan fingerprint density at radius 2 is 1.61 bits per heavy atom. The molecule has 4 rings (SSSR count). The van der Waals surface area contributed by atoms with Gasteiger partial charge < -0.3 is 4.90 Å². The van der Waals surface area contributed by atoms with E-state index in [1.807, 2.05) is 30.0 Å². The largest absolute Gasteiger partial charge is 0.366 e. The van der Waals surface area contributed by atoms with Gasteiger partial charge in [-0.2, -0.15) is 0 Å². The molecule has 8 nitrogen and oxygen atoms in total. The molecule has 0 N–H and O–H groups in total. The van der Waals surface area contributed by atoms with Crippen LogP contribution >= 0.6 is 0 Å². The number of hydrogen-bond donors (Lipinski definition) is 0. The van der Waals surface area contributed by atoms with Gasteiger partial charge in [0.1, 0.15) is 5.70 Å². The van der Waals surface area contributed by atoms with E-state index in [0.717, 1.165) is 5.56 Å². The smallest absolute Gasteiger partial charge is 0.282 e. The topological polar surface area (TPSA) is 96.7 Å². The molecule has 0 saturated heterocycles. The van der Waals surface area contributed by atoms with Crippen LogP contribution in [0.4, 0.5) is 11.4 Å². The molecule has 0 fully saturated rings. The van der Waals surface area contributed by atoms with Crippen LogP contribution in [0.1, 0.15) is 18.1 Å². The number of carbonyl (C=O) groups excluding carboxylic acids is 2. The second-order valence-electron chi connectivity index (χ2n) is 7.49. The summed E-state index contributed by atoms with van der Waals surface area (Å²) in [6, 6.07) is 18.3. The highest BCUT2D eigenvalue weighted by molar-refractivity contribution is 6.45. The molecule has 33 heavy (non-hydrogen) atoms. The number of nitro benzene ring substituents is 1. The number of benzene rings is 2. The molecule has 1 aliphatic heterocycles. The van der Waals surface area contributed by atoms with Gasteiger partial charge in [-0.1, -0.05) is 18.2 Å². The van der Waals surface area contributed by atoms with Gasteiger partial charge in [0, 0.05) is 37.6 Å². The van der Waals surface area contributed by atoms with Gasteiger partial charge >= 0.3 is 0 Å². The lowest BCUT2D eigenvalue weighted by Gasteiger charge is -2.25. The SMILES string of the molecule is CCN(CCc1ccncc1)C1=C(c2ccc([N+](=O)[O-])cc2)C(=O)N(c2ccccc2)C1=O. The second kappa shape index (κ2) is 9.44. The van der Waals surface area contributed by atoms with E-state index in [9.17, 15) is 19.7 Å². The molecule has 0 radical (unpaired) electrons. The fourth-order valence-electron chi connectivity index (χ4n) is 3.87. The number of imide groups is 1. The number of para-hydroxylation sites is 1. The van der Waals surface area contributed by atoms with Crippen molar-refractivity contribution in [3.63, 3.8) is 0 Å². The van der Waals surface area contributed by atoms with Crippen molar-refractivity contribution in [1.29, 1.82) is 0 Å². The molecular formula is C25H22N4O4. The van der Waals surface area contributed by atoms with E-state index in [4.69, 9.17) is 0 Å². The predicted molar refractivity (Wildman–Crippen MR) is 124 cm³/mol. The number of likely N-dealkylation sites (N-methyl/N-ethyl adjacent to an activating group) is 1. The molecule has 1 aliphatic rings. The molecule has 8 heteroatoms. The predicted octanol–water partition coefficient (Wildman–Crippen LogP) is 3.84.